The molecule has 1 aromatic rings. The summed E-state index contributed by atoms with van der Waals surface area (Å²) < 4.78 is 0. The van der Waals surface area contributed by atoms with Crippen molar-refractivity contribution in [2.45, 2.75) is 19.8 Å². The Labute approximate surface area is 100 Å². The van der Waals surface area contributed by atoms with Crippen molar-refractivity contribution >= 4 is 29.2 Å². The molecule has 1 N–H and O–H groups in total. The van der Waals surface area contributed by atoms with Crippen molar-refractivity contribution in [3.05, 3.63) is 17.0 Å². The van der Waals surface area contributed by atoms with E-state index in [4.69, 9.17) is 11.6 Å². The Morgan fingerprint density at radius 1 is 1.47 bits per heavy atom. The van der Waals surface area contributed by atoms with Crippen LogP contribution in [0.3, 0.4) is 0 Å². The molecule has 0 unspecified atom stereocenters. The lowest BCUT2D eigenvalue weighted by Gasteiger charge is -2.10. The third-order valence-corrected chi connectivity index (χ3v) is 2.93. The topological polar surface area (TPSA) is 37.8 Å². The van der Waals surface area contributed by atoms with E-state index >= 15 is 0 Å². The molecule has 0 fully saturated rings. The van der Waals surface area contributed by atoms with Gasteiger partial charge < -0.3 is 5.32 Å². The molecule has 0 radical (unpaired) electrons. The second-order valence-electron chi connectivity index (χ2n) is 3.16. The van der Waals surface area contributed by atoms with Gasteiger partial charge in [-0.25, -0.2) is 9.97 Å². The number of thioether (sulfide) groups is 1. The van der Waals surface area contributed by atoms with Gasteiger partial charge in [0, 0.05) is 17.9 Å². The Bertz CT molecular complexity index is 307. The molecule has 84 valence electrons. The van der Waals surface area contributed by atoms with Crippen molar-refractivity contribution in [1.29, 1.82) is 0 Å². The second-order valence-corrected chi connectivity index (χ2v) is 4.50. The lowest BCUT2D eigenvalue weighted by Crippen LogP contribution is -2.09. The van der Waals surface area contributed by atoms with Crippen LogP contribution in [-0.2, 0) is 6.42 Å². The summed E-state index contributed by atoms with van der Waals surface area (Å²) in [5.41, 5.74) is 1.03. The van der Waals surface area contributed by atoms with Gasteiger partial charge in [0.1, 0.15) is 17.3 Å². The Morgan fingerprint density at radius 2 is 2.27 bits per heavy atom. The molecule has 0 amide bonds. The minimum atomic E-state index is 0.568. The average molecular weight is 246 g/mol. The summed E-state index contributed by atoms with van der Waals surface area (Å²) in [6.45, 7) is 3.03. The quantitative estimate of drug-likeness (QED) is 0.618. The number of anilines is 1. The molecule has 1 aromatic heterocycles. The van der Waals surface area contributed by atoms with Gasteiger partial charge in [0.25, 0.3) is 0 Å². The fourth-order valence-electron chi connectivity index (χ4n) is 1.29. The van der Waals surface area contributed by atoms with Crippen molar-refractivity contribution in [2.75, 3.05) is 23.9 Å². The number of nitrogens with one attached hydrogen (secondary N) is 1. The van der Waals surface area contributed by atoms with Crippen LogP contribution >= 0.6 is 23.4 Å². The maximum absolute atomic E-state index is 6.02. The van der Waals surface area contributed by atoms with E-state index in [0.29, 0.717) is 5.15 Å². The molecule has 0 atom stereocenters. The van der Waals surface area contributed by atoms with Crippen LogP contribution in [-0.4, -0.2) is 28.5 Å². The first-order valence-corrected chi connectivity index (χ1v) is 6.79. The molecule has 5 heteroatoms. The van der Waals surface area contributed by atoms with Crippen molar-refractivity contribution in [2.24, 2.45) is 0 Å². The van der Waals surface area contributed by atoms with Crippen LogP contribution in [0.5, 0.6) is 0 Å². The summed E-state index contributed by atoms with van der Waals surface area (Å²) in [6, 6.07) is 0. The van der Waals surface area contributed by atoms with Crippen LogP contribution in [0, 0.1) is 0 Å². The lowest BCUT2D eigenvalue weighted by molar-refractivity contribution is 0.899. The van der Waals surface area contributed by atoms with E-state index in [-0.39, 0.29) is 0 Å². The van der Waals surface area contributed by atoms with E-state index in [2.05, 4.69) is 28.5 Å². The lowest BCUT2D eigenvalue weighted by atomic mass is 10.2. The summed E-state index contributed by atoms with van der Waals surface area (Å²) in [5.74, 6) is 1.94. The molecule has 0 aliphatic rings. The summed E-state index contributed by atoms with van der Waals surface area (Å²) in [7, 11) is 0. The maximum atomic E-state index is 6.02. The predicted octanol–water partition coefficient (Wildman–Crippen LogP) is 2.86. The van der Waals surface area contributed by atoms with Gasteiger partial charge in [0.2, 0.25) is 0 Å². The minimum absolute atomic E-state index is 0.568. The molecular weight excluding hydrogens is 230 g/mol. The van der Waals surface area contributed by atoms with Crippen LogP contribution in [0.1, 0.15) is 18.9 Å². The maximum Gasteiger partial charge on any atom is 0.137 e. The predicted molar refractivity (Wildman–Crippen MR) is 67.9 cm³/mol. The highest BCUT2D eigenvalue weighted by atomic mass is 35.5. The van der Waals surface area contributed by atoms with Gasteiger partial charge in [-0.1, -0.05) is 24.9 Å². The highest BCUT2D eigenvalue weighted by molar-refractivity contribution is 7.98. The Morgan fingerprint density at radius 3 is 2.93 bits per heavy atom. The number of hydrogen-bond acceptors (Lipinski definition) is 4. The van der Waals surface area contributed by atoms with Crippen LogP contribution in [0.15, 0.2) is 6.33 Å². The van der Waals surface area contributed by atoms with Gasteiger partial charge in [0.05, 0.1) is 0 Å². The van der Waals surface area contributed by atoms with Crippen molar-refractivity contribution in [1.82, 2.24) is 9.97 Å². The molecule has 1 heterocycles. The standard InChI is InChI=1S/C10H16ClN3S/c1-3-4-8-9(11)13-7-14-10(8)12-5-6-15-2/h7H,3-6H2,1-2H3,(H,12,13,14). The van der Waals surface area contributed by atoms with Crippen LogP contribution in [0.4, 0.5) is 5.82 Å². The van der Waals surface area contributed by atoms with E-state index in [9.17, 15) is 0 Å². The first-order chi connectivity index (χ1) is 7.29. The summed E-state index contributed by atoms with van der Waals surface area (Å²) in [6.07, 6.45) is 5.55. The van der Waals surface area contributed by atoms with E-state index in [1.165, 1.54) is 6.33 Å². The number of aromatic nitrogens is 2. The summed E-state index contributed by atoms with van der Waals surface area (Å²) >= 11 is 7.83. The molecule has 0 bridgehead atoms. The fraction of sp³-hybridized carbons (Fsp3) is 0.600. The van der Waals surface area contributed by atoms with Gasteiger partial charge in [-0.2, -0.15) is 11.8 Å². The normalized spacial score (nSPS) is 10.3. The number of hydrogen-bond donors (Lipinski definition) is 1. The van der Waals surface area contributed by atoms with Gasteiger partial charge in [-0.05, 0) is 12.7 Å². The SMILES string of the molecule is CCCc1c(Cl)ncnc1NCCSC. The van der Waals surface area contributed by atoms with Crippen LogP contribution < -0.4 is 5.32 Å². The smallest absolute Gasteiger partial charge is 0.137 e. The molecule has 0 saturated carbocycles. The number of halogens is 1. The third-order valence-electron chi connectivity index (χ3n) is 1.99. The average Bonchev–Trinajstić information content (AvgIpc) is 2.23. The summed E-state index contributed by atoms with van der Waals surface area (Å²) in [4.78, 5) is 8.21. The first kappa shape index (κ1) is 12.6. The monoisotopic (exact) mass is 245 g/mol. The zero-order valence-electron chi connectivity index (χ0n) is 9.09. The number of rotatable bonds is 6. The van der Waals surface area contributed by atoms with Gasteiger partial charge in [0.15, 0.2) is 0 Å². The van der Waals surface area contributed by atoms with Crippen LogP contribution in [0.2, 0.25) is 5.15 Å². The minimum Gasteiger partial charge on any atom is -0.369 e. The van der Waals surface area contributed by atoms with E-state index in [0.717, 1.165) is 36.5 Å². The molecule has 3 nitrogen and oxygen atoms in total. The molecular formula is C10H16ClN3S. The van der Waals surface area contributed by atoms with Gasteiger partial charge >= 0.3 is 0 Å². The van der Waals surface area contributed by atoms with E-state index in [1.807, 2.05) is 0 Å². The summed E-state index contributed by atoms with van der Waals surface area (Å²) in [5, 5.41) is 3.85. The Kier molecular flexibility index (Phi) is 5.79. The zero-order chi connectivity index (χ0) is 11.1. The Balaban J connectivity index is 2.71. The molecule has 0 aliphatic carbocycles. The molecule has 0 spiro atoms. The molecule has 0 aliphatic heterocycles. The van der Waals surface area contributed by atoms with Crippen molar-refractivity contribution in [3.63, 3.8) is 0 Å². The van der Waals surface area contributed by atoms with Crippen molar-refractivity contribution < 1.29 is 0 Å². The molecule has 0 saturated heterocycles. The molecule has 1 rings (SSSR count). The molecule has 15 heavy (non-hydrogen) atoms. The highest BCUT2D eigenvalue weighted by Crippen LogP contribution is 2.21. The van der Waals surface area contributed by atoms with Gasteiger partial charge in [-0.15, -0.1) is 0 Å². The Hall–Kier alpha value is -0.480. The van der Waals surface area contributed by atoms with E-state index < -0.39 is 0 Å². The van der Waals surface area contributed by atoms with Crippen LogP contribution in [0.25, 0.3) is 0 Å². The van der Waals surface area contributed by atoms with E-state index in [1.54, 1.807) is 11.8 Å². The molecule has 0 aromatic carbocycles. The fourth-order valence-corrected chi connectivity index (χ4v) is 1.82. The van der Waals surface area contributed by atoms with Gasteiger partial charge in [-0.3, -0.25) is 0 Å². The first-order valence-electron chi connectivity index (χ1n) is 5.01. The third kappa shape index (κ3) is 3.87. The van der Waals surface area contributed by atoms with Crippen molar-refractivity contribution in [3.8, 4) is 0 Å². The second kappa shape index (κ2) is 6.90. The highest BCUT2D eigenvalue weighted by Gasteiger charge is 2.07. The number of nitrogens with zero attached hydrogens (tertiary/aromatic N) is 2. The largest absolute Gasteiger partial charge is 0.369 e. The zero-order valence-corrected chi connectivity index (χ0v) is 10.7.